The number of fused-ring (bicyclic) bond motifs is 1. The lowest BCUT2D eigenvalue weighted by atomic mass is 9.98. The number of hydrogen-bond donors (Lipinski definition) is 1. The molecule has 17 heavy (non-hydrogen) atoms. The molecule has 3 nitrogen and oxygen atoms in total. The number of ether oxygens (including phenoxy) is 2. The zero-order valence-corrected chi connectivity index (χ0v) is 10.2. The van der Waals surface area contributed by atoms with E-state index in [9.17, 15) is 0 Å². The molecular weight excluding hydrogens is 214 g/mol. The lowest BCUT2D eigenvalue weighted by Gasteiger charge is -2.23. The summed E-state index contributed by atoms with van der Waals surface area (Å²) in [5, 5.41) is 0. The third-order valence-corrected chi connectivity index (χ3v) is 3.00. The van der Waals surface area contributed by atoms with Crippen LogP contribution in [-0.4, -0.2) is 13.2 Å². The first-order chi connectivity index (χ1) is 8.22. The molecule has 0 radical (unpaired) electrons. The molecule has 1 atom stereocenters. The monoisotopic (exact) mass is 233 g/mol. The topological polar surface area (TPSA) is 44.5 Å². The Labute approximate surface area is 102 Å². The standard InChI is InChI=1S/C14H19NO2/c1-3-10(2)9-12(15)11-5-4-6-13-14(11)17-8-7-16-13/h4-6,12H,2-3,7-9,15H2,1H3. The minimum absolute atomic E-state index is 0.0703. The lowest BCUT2D eigenvalue weighted by molar-refractivity contribution is 0.169. The molecule has 92 valence electrons. The van der Waals surface area contributed by atoms with Gasteiger partial charge >= 0.3 is 0 Å². The Hall–Kier alpha value is -1.48. The van der Waals surface area contributed by atoms with E-state index in [0.29, 0.717) is 13.2 Å². The summed E-state index contributed by atoms with van der Waals surface area (Å²) in [6, 6.07) is 5.80. The number of para-hydroxylation sites is 1. The summed E-state index contributed by atoms with van der Waals surface area (Å²) in [6.45, 7) is 7.28. The fourth-order valence-electron chi connectivity index (χ4n) is 1.95. The van der Waals surface area contributed by atoms with Gasteiger partial charge in [-0.3, -0.25) is 0 Å². The SMILES string of the molecule is C=C(CC)CC(N)c1cccc2c1OCCO2. The third kappa shape index (κ3) is 2.61. The van der Waals surface area contributed by atoms with Gasteiger partial charge in [-0.15, -0.1) is 0 Å². The summed E-state index contributed by atoms with van der Waals surface area (Å²) in [5.74, 6) is 1.60. The molecule has 0 aromatic heterocycles. The van der Waals surface area contributed by atoms with Crippen molar-refractivity contribution >= 4 is 0 Å². The highest BCUT2D eigenvalue weighted by Crippen LogP contribution is 2.37. The van der Waals surface area contributed by atoms with E-state index in [4.69, 9.17) is 15.2 Å². The molecule has 0 saturated heterocycles. The molecule has 1 aliphatic rings. The Bertz CT molecular complexity index is 415. The predicted molar refractivity (Wildman–Crippen MR) is 68.4 cm³/mol. The van der Waals surface area contributed by atoms with Crippen molar-refractivity contribution in [2.75, 3.05) is 13.2 Å². The molecule has 0 fully saturated rings. The van der Waals surface area contributed by atoms with E-state index in [-0.39, 0.29) is 6.04 Å². The molecular formula is C14H19NO2. The second-order valence-electron chi connectivity index (χ2n) is 4.29. The van der Waals surface area contributed by atoms with Gasteiger partial charge in [0.05, 0.1) is 0 Å². The van der Waals surface area contributed by atoms with Crippen LogP contribution in [0.25, 0.3) is 0 Å². The van der Waals surface area contributed by atoms with E-state index in [0.717, 1.165) is 35.5 Å². The average Bonchev–Trinajstić information content (AvgIpc) is 2.37. The molecule has 0 bridgehead atoms. The number of hydrogen-bond acceptors (Lipinski definition) is 3. The van der Waals surface area contributed by atoms with Gasteiger partial charge in [-0.25, -0.2) is 0 Å². The molecule has 0 aliphatic carbocycles. The highest BCUT2D eigenvalue weighted by molar-refractivity contribution is 5.49. The summed E-state index contributed by atoms with van der Waals surface area (Å²) < 4.78 is 11.2. The van der Waals surface area contributed by atoms with Crippen LogP contribution < -0.4 is 15.2 Å². The molecule has 1 heterocycles. The van der Waals surface area contributed by atoms with E-state index in [1.54, 1.807) is 0 Å². The fraction of sp³-hybridized carbons (Fsp3) is 0.429. The molecule has 2 rings (SSSR count). The predicted octanol–water partition coefficient (Wildman–Crippen LogP) is 2.81. The third-order valence-electron chi connectivity index (χ3n) is 3.00. The highest BCUT2D eigenvalue weighted by atomic mass is 16.6. The summed E-state index contributed by atoms with van der Waals surface area (Å²) in [5.41, 5.74) is 8.37. The van der Waals surface area contributed by atoms with Crippen LogP contribution in [-0.2, 0) is 0 Å². The van der Waals surface area contributed by atoms with Crippen molar-refractivity contribution in [3.63, 3.8) is 0 Å². The van der Waals surface area contributed by atoms with Crippen LogP contribution in [0, 0.1) is 0 Å². The van der Waals surface area contributed by atoms with Gasteiger partial charge < -0.3 is 15.2 Å². The molecule has 1 aromatic rings. The minimum Gasteiger partial charge on any atom is -0.486 e. The van der Waals surface area contributed by atoms with Crippen LogP contribution in [0.15, 0.2) is 30.4 Å². The Morgan fingerprint density at radius 3 is 2.94 bits per heavy atom. The Balaban J connectivity index is 2.22. The van der Waals surface area contributed by atoms with Gasteiger partial charge in [-0.2, -0.15) is 0 Å². The first-order valence-corrected chi connectivity index (χ1v) is 6.03. The van der Waals surface area contributed by atoms with Crippen LogP contribution >= 0.6 is 0 Å². The van der Waals surface area contributed by atoms with Gasteiger partial charge in [0, 0.05) is 11.6 Å². The van der Waals surface area contributed by atoms with E-state index >= 15 is 0 Å². The summed E-state index contributed by atoms with van der Waals surface area (Å²) >= 11 is 0. The summed E-state index contributed by atoms with van der Waals surface area (Å²) in [7, 11) is 0. The minimum atomic E-state index is -0.0703. The average molecular weight is 233 g/mol. The van der Waals surface area contributed by atoms with Crippen molar-refractivity contribution < 1.29 is 9.47 Å². The normalized spacial score (nSPS) is 15.4. The zero-order valence-electron chi connectivity index (χ0n) is 10.2. The van der Waals surface area contributed by atoms with Gasteiger partial charge in [0.25, 0.3) is 0 Å². The summed E-state index contributed by atoms with van der Waals surface area (Å²) in [6.07, 6.45) is 1.75. The van der Waals surface area contributed by atoms with Crippen molar-refractivity contribution in [1.82, 2.24) is 0 Å². The molecule has 1 aromatic carbocycles. The molecule has 0 amide bonds. The Kier molecular flexibility index (Phi) is 3.69. The molecule has 2 N–H and O–H groups in total. The van der Waals surface area contributed by atoms with E-state index < -0.39 is 0 Å². The van der Waals surface area contributed by atoms with Crippen molar-refractivity contribution in [2.24, 2.45) is 5.73 Å². The second kappa shape index (κ2) is 5.23. The maximum Gasteiger partial charge on any atom is 0.166 e. The number of nitrogens with two attached hydrogens (primary N) is 1. The zero-order chi connectivity index (χ0) is 12.3. The van der Waals surface area contributed by atoms with Gasteiger partial charge in [0.15, 0.2) is 11.5 Å². The molecule has 3 heteroatoms. The first-order valence-electron chi connectivity index (χ1n) is 6.03. The van der Waals surface area contributed by atoms with Gasteiger partial charge in [-0.05, 0) is 18.9 Å². The lowest BCUT2D eigenvalue weighted by Crippen LogP contribution is -2.19. The molecule has 0 spiro atoms. The molecule has 1 aliphatic heterocycles. The van der Waals surface area contributed by atoms with Crippen molar-refractivity contribution in [2.45, 2.75) is 25.8 Å². The summed E-state index contributed by atoms with van der Waals surface area (Å²) in [4.78, 5) is 0. The Morgan fingerprint density at radius 1 is 1.41 bits per heavy atom. The van der Waals surface area contributed by atoms with Gasteiger partial charge in [0.2, 0.25) is 0 Å². The molecule has 1 unspecified atom stereocenters. The van der Waals surface area contributed by atoms with Gasteiger partial charge in [0.1, 0.15) is 13.2 Å². The van der Waals surface area contributed by atoms with Crippen LogP contribution in [0.4, 0.5) is 0 Å². The first kappa shape index (κ1) is 12.0. The number of benzene rings is 1. The quantitative estimate of drug-likeness (QED) is 0.813. The van der Waals surface area contributed by atoms with Crippen LogP contribution in [0.2, 0.25) is 0 Å². The van der Waals surface area contributed by atoms with E-state index in [1.807, 2.05) is 18.2 Å². The van der Waals surface area contributed by atoms with Crippen molar-refractivity contribution in [3.8, 4) is 11.5 Å². The van der Waals surface area contributed by atoms with Crippen LogP contribution in [0.3, 0.4) is 0 Å². The van der Waals surface area contributed by atoms with Crippen LogP contribution in [0.1, 0.15) is 31.4 Å². The largest absolute Gasteiger partial charge is 0.486 e. The Morgan fingerprint density at radius 2 is 2.18 bits per heavy atom. The van der Waals surface area contributed by atoms with Crippen molar-refractivity contribution in [3.05, 3.63) is 35.9 Å². The maximum absolute atomic E-state index is 6.20. The molecule has 0 saturated carbocycles. The van der Waals surface area contributed by atoms with E-state index in [2.05, 4.69) is 13.5 Å². The van der Waals surface area contributed by atoms with Crippen LogP contribution in [0.5, 0.6) is 11.5 Å². The fourth-order valence-corrected chi connectivity index (χ4v) is 1.95. The second-order valence-corrected chi connectivity index (χ2v) is 4.29. The van der Waals surface area contributed by atoms with Gasteiger partial charge in [-0.1, -0.05) is 31.2 Å². The maximum atomic E-state index is 6.20. The van der Waals surface area contributed by atoms with E-state index in [1.165, 1.54) is 0 Å². The highest BCUT2D eigenvalue weighted by Gasteiger charge is 2.19. The number of rotatable bonds is 4. The van der Waals surface area contributed by atoms with Crippen molar-refractivity contribution in [1.29, 1.82) is 0 Å². The smallest absolute Gasteiger partial charge is 0.166 e.